The number of nitrogens with two attached hydrogens (primary N) is 1. The molecule has 1 aliphatic rings. The molecule has 1 unspecified atom stereocenters. The van der Waals surface area contributed by atoms with Crippen molar-refractivity contribution < 1.29 is 9.90 Å². The van der Waals surface area contributed by atoms with E-state index in [1.54, 1.807) is 0 Å². The smallest absolute Gasteiger partial charge is 0.325 e. The Kier molecular flexibility index (Phi) is 2.90. The Morgan fingerprint density at radius 1 is 1.44 bits per heavy atom. The number of carboxylic acid groups (broad SMARTS) is 1. The van der Waals surface area contributed by atoms with Crippen LogP contribution in [0.1, 0.15) is 6.42 Å². The Morgan fingerprint density at radius 2 is 2.06 bits per heavy atom. The monoisotopic (exact) mass is 284 g/mol. The van der Waals surface area contributed by atoms with Crippen LogP contribution in [0.4, 0.5) is 5.69 Å². The summed E-state index contributed by atoms with van der Waals surface area (Å²) in [6, 6.07) is 7.79. The van der Waals surface area contributed by atoms with Gasteiger partial charge in [0.15, 0.2) is 0 Å². The molecule has 1 aromatic carbocycles. The maximum absolute atomic E-state index is 11.0. The summed E-state index contributed by atoms with van der Waals surface area (Å²) in [5.41, 5.74) is 5.72. The molecule has 5 heteroatoms. The summed E-state index contributed by atoms with van der Waals surface area (Å²) in [5, 5.41) is 9.02. The van der Waals surface area contributed by atoms with Crippen molar-refractivity contribution in [1.82, 2.24) is 0 Å². The van der Waals surface area contributed by atoms with E-state index in [4.69, 9.17) is 10.8 Å². The molecule has 0 saturated carbocycles. The zero-order valence-corrected chi connectivity index (χ0v) is 10.3. The van der Waals surface area contributed by atoms with Crippen LogP contribution in [-0.4, -0.2) is 29.7 Å². The number of rotatable bonds is 2. The van der Waals surface area contributed by atoms with Crippen molar-refractivity contribution >= 4 is 27.6 Å². The highest BCUT2D eigenvalue weighted by Gasteiger charge is 2.41. The van der Waals surface area contributed by atoms with Crippen molar-refractivity contribution in [3.63, 3.8) is 0 Å². The van der Waals surface area contributed by atoms with Gasteiger partial charge in [-0.3, -0.25) is 4.79 Å². The Bertz CT molecular complexity index is 407. The number of halogens is 1. The largest absolute Gasteiger partial charge is 0.480 e. The van der Waals surface area contributed by atoms with E-state index in [0.717, 1.165) is 10.2 Å². The number of carboxylic acids is 1. The molecule has 0 bridgehead atoms. The van der Waals surface area contributed by atoms with Gasteiger partial charge in [-0.1, -0.05) is 15.9 Å². The normalized spacial score (nSPS) is 24.8. The topological polar surface area (TPSA) is 66.6 Å². The predicted octanol–water partition coefficient (Wildman–Crippen LogP) is 1.44. The van der Waals surface area contributed by atoms with Gasteiger partial charge in [0.05, 0.1) is 0 Å². The van der Waals surface area contributed by atoms with Gasteiger partial charge in [0, 0.05) is 23.2 Å². The molecular weight excluding hydrogens is 272 g/mol. The van der Waals surface area contributed by atoms with Crippen molar-refractivity contribution in [2.75, 3.05) is 18.0 Å². The van der Waals surface area contributed by atoms with Gasteiger partial charge in [-0.15, -0.1) is 0 Å². The minimum absolute atomic E-state index is 0.365. The van der Waals surface area contributed by atoms with Crippen LogP contribution < -0.4 is 10.6 Å². The molecule has 1 aliphatic heterocycles. The van der Waals surface area contributed by atoms with Crippen molar-refractivity contribution in [3.05, 3.63) is 28.7 Å². The molecule has 1 atom stereocenters. The molecule has 4 nitrogen and oxygen atoms in total. The average molecular weight is 285 g/mol. The summed E-state index contributed by atoms with van der Waals surface area (Å²) in [5.74, 6) is -0.924. The molecule has 1 heterocycles. The summed E-state index contributed by atoms with van der Waals surface area (Å²) in [6.45, 7) is 1.05. The second kappa shape index (κ2) is 4.07. The van der Waals surface area contributed by atoms with E-state index in [2.05, 4.69) is 15.9 Å². The lowest BCUT2D eigenvalue weighted by Crippen LogP contribution is -2.50. The SMILES string of the molecule is NC1(C(=O)O)CCN(c2ccc(Br)cc2)C1. The first kappa shape index (κ1) is 11.4. The van der Waals surface area contributed by atoms with Gasteiger partial charge in [-0.25, -0.2) is 0 Å². The molecule has 86 valence electrons. The van der Waals surface area contributed by atoms with Crippen LogP contribution in [0.2, 0.25) is 0 Å². The molecular formula is C11H13BrN2O2. The first-order chi connectivity index (χ1) is 7.51. The number of carbonyl (C=O) groups is 1. The third-order valence-electron chi connectivity index (χ3n) is 2.92. The van der Waals surface area contributed by atoms with Gasteiger partial charge in [0.1, 0.15) is 5.54 Å². The maximum Gasteiger partial charge on any atom is 0.325 e. The van der Waals surface area contributed by atoms with Crippen molar-refractivity contribution in [1.29, 1.82) is 0 Å². The van der Waals surface area contributed by atoms with Crippen molar-refractivity contribution in [3.8, 4) is 0 Å². The molecule has 0 amide bonds. The summed E-state index contributed by atoms with van der Waals surface area (Å²) in [4.78, 5) is 13.0. The zero-order valence-electron chi connectivity index (χ0n) is 8.69. The molecule has 0 spiro atoms. The van der Waals surface area contributed by atoms with Gasteiger partial charge in [-0.2, -0.15) is 0 Å². The van der Waals surface area contributed by atoms with Crippen LogP contribution in [0, 0.1) is 0 Å². The number of hydrogen-bond donors (Lipinski definition) is 2. The minimum atomic E-state index is -1.10. The highest BCUT2D eigenvalue weighted by atomic mass is 79.9. The molecule has 0 radical (unpaired) electrons. The second-order valence-corrected chi connectivity index (χ2v) is 5.02. The number of anilines is 1. The van der Waals surface area contributed by atoms with Crippen LogP contribution in [-0.2, 0) is 4.79 Å². The van der Waals surface area contributed by atoms with E-state index < -0.39 is 11.5 Å². The number of benzene rings is 1. The lowest BCUT2D eigenvalue weighted by Gasteiger charge is -2.21. The van der Waals surface area contributed by atoms with E-state index in [1.807, 2.05) is 29.2 Å². The van der Waals surface area contributed by atoms with Gasteiger partial charge >= 0.3 is 5.97 Å². The van der Waals surface area contributed by atoms with Crippen LogP contribution >= 0.6 is 15.9 Å². The molecule has 3 N–H and O–H groups in total. The first-order valence-corrected chi connectivity index (χ1v) is 5.83. The highest BCUT2D eigenvalue weighted by molar-refractivity contribution is 9.10. The van der Waals surface area contributed by atoms with Gasteiger partial charge in [0.2, 0.25) is 0 Å². The van der Waals surface area contributed by atoms with Crippen LogP contribution in [0.3, 0.4) is 0 Å². The summed E-state index contributed by atoms with van der Waals surface area (Å²) in [7, 11) is 0. The van der Waals surface area contributed by atoms with Gasteiger partial charge < -0.3 is 15.7 Å². The van der Waals surface area contributed by atoms with Crippen LogP contribution in [0.25, 0.3) is 0 Å². The highest BCUT2D eigenvalue weighted by Crippen LogP contribution is 2.26. The Hall–Kier alpha value is -1.07. The molecule has 1 fully saturated rings. The van der Waals surface area contributed by atoms with E-state index >= 15 is 0 Å². The van der Waals surface area contributed by atoms with E-state index in [9.17, 15) is 4.79 Å². The van der Waals surface area contributed by atoms with E-state index in [-0.39, 0.29) is 0 Å². The fourth-order valence-electron chi connectivity index (χ4n) is 1.88. The Labute approximate surface area is 102 Å². The predicted molar refractivity (Wildman–Crippen MR) is 65.5 cm³/mol. The number of hydrogen-bond acceptors (Lipinski definition) is 3. The fraction of sp³-hybridized carbons (Fsp3) is 0.364. The molecule has 0 aliphatic carbocycles. The summed E-state index contributed by atoms with van der Waals surface area (Å²) >= 11 is 3.36. The van der Waals surface area contributed by atoms with Gasteiger partial charge in [-0.05, 0) is 30.7 Å². The van der Waals surface area contributed by atoms with Crippen molar-refractivity contribution in [2.24, 2.45) is 5.73 Å². The Balaban J connectivity index is 2.15. The molecule has 1 saturated heterocycles. The Morgan fingerprint density at radius 3 is 2.56 bits per heavy atom. The maximum atomic E-state index is 11.0. The van der Waals surface area contributed by atoms with Crippen LogP contribution in [0.5, 0.6) is 0 Å². The zero-order chi connectivity index (χ0) is 11.8. The molecule has 2 rings (SSSR count). The summed E-state index contributed by atoms with van der Waals surface area (Å²) < 4.78 is 1.01. The summed E-state index contributed by atoms with van der Waals surface area (Å²) in [6.07, 6.45) is 0.485. The lowest BCUT2D eigenvalue weighted by atomic mass is 10.0. The third-order valence-corrected chi connectivity index (χ3v) is 3.45. The molecule has 1 aromatic rings. The number of nitrogens with zero attached hydrogens (tertiary/aromatic N) is 1. The van der Waals surface area contributed by atoms with E-state index in [0.29, 0.717) is 19.5 Å². The third kappa shape index (κ3) is 2.05. The average Bonchev–Trinajstić information content (AvgIpc) is 2.63. The molecule has 0 aromatic heterocycles. The van der Waals surface area contributed by atoms with Crippen LogP contribution in [0.15, 0.2) is 28.7 Å². The molecule has 16 heavy (non-hydrogen) atoms. The fourth-order valence-corrected chi connectivity index (χ4v) is 2.14. The number of aliphatic carboxylic acids is 1. The minimum Gasteiger partial charge on any atom is -0.480 e. The lowest BCUT2D eigenvalue weighted by molar-refractivity contribution is -0.142. The van der Waals surface area contributed by atoms with Gasteiger partial charge in [0.25, 0.3) is 0 Å². The first-order valence-electron chi connectivity index (χ1n) is 5.04. The van der Waals surface area contributed by atoms with Crippen molar-refractivity contribution in [2.45, 2.75) is 12.0 Å². The quantitative estimate of drug-likeness (QED) is 0.863. The van der Waals surface area contributed by atoms with E-state index in [1.165, 1.54) is 0 Å². The standard InChI is InChI=1S/C11H13BrN2O2/c12-8-1-3-9(4-2-8)14-6-5-11(13,7-14)10(15)16/h1-4H,5-7,13H2,(H,15,16). The second-order valence-electron chi connectivity index (χ2n) is 4.11.